The minimum Gasteiger partial charge on any atom is -0.339 e. The number of carbonyl (C=O) groups is 1. The number of rotatable bonds is 23. The maximum atomic E-state index is 12.5. The maximum Gasteiger partial charge on any atom is 0.248 e. The second-order valence-electron chi connectivity index (χ2n) is 9.44. The van der Waals surface area contributed by atoms with Crippen molar-refractivity contribution in [2.75, 3.05) is 13.1 Å². The molecule has 0 rings (SSSR count). The van der Waals surface area contributed by atoms with Gasteiger partial charge in [-0.15, -0.1) is 0 Å². The van der Waals surface area contributed by atoms with Crippen molar-refractivity contribution >= 4 is 5.91 Å². The molecule has 0 heterocycles. The van der Waals surface area contributed by atoms with Crippen molar-refractivity contribution in [3.05, 3.63) is 12.2 Å². The van der Waals surface area contributed by atoms with Crippen LogP contribution in [0.2, 0.25) is 0 Å². The Morgan fingerprint density at radius 2 is 0.800 bits per heavy atom. The summed E-state index contributed by atoms with van der Waals surface area (Å²) in [4.78, 5) is 14.5. The lowest BCUT2D eigenvalue weighted by Gasteiger charge is -2.23. The molecule has 30 heavy (non-hydrogen) atoms. The van der Waals surface area contributed by atoms with Gasteiger partial charge in [0.25, 0.3) is 0 Å². The van der Waals surface area contributed by atoms with Crippen LogP contribution in [0.1, 0.15) is 149 Å². The Kier molecular flexibility index (Phi) is 22.3. The lowest BCUT2D eigenvalue weighted by atomic mass is 10.1. The molecule has 0 aromatic rings. The van der Waals surface area contributed by atoms with Gasteiger partial charge in [-0.1, -0.05) is 136 Å². The molecule has 0 aliphatic rings. The Morgan fingerprint density at radius 1 is 0.533 bits per heavy atom. The van der Waals surface area contributed by atoms with Gasteiger partial charge < -0.3 is 4.90 Å². The highest BCUT2D eigenvalue weighted by Gasteiger charge is 2.13. The summed E-state index contributed by atoms with van der Waals surface area (Å²) in [5, 5.41) is 0. The van der Waals surface area contributed by atoms with Crippen LogP contribution in [0.5, 0.6) is 0 Å². The number of nitrogens with zero attached hydrogens (tertiary/aromatic N) is 1. The Balaban J connectivity index is 3.75. The molecule has 1 amide bonds. The molecule has 0 unspecified atom stereocenters. The van der Waals surface area contributed by atoms with Gasteiger partial charge >= 0.3 is 0 Å². The second-order valence-corrected chi connectivity index (χ2v) is 9.44. The molecule has 0 spiro atoms. The minimum absolute atomic E-state index is 0.168. The van der Waals surface area contributed by atoms with Crippen LogP contribution in [0.15, 0.2) is 12.2 Å². The fourth-order valence-corrected chi connectivity index (χ4v) is 4.17. The van der Waals surface area contributed by atoms with E-state index in [0.717, 1.165) is 25.9 Å². The zero-order chi connectivity index (χ0) is 22.3. The molecule has 0 aromatic carbocycles. The summed E-state index contributed by atoms with van der Waals surface area (Å²) >= 11 is 0. The van der Waals surface area contributed by atoms with Gasteiger partial charge in [0, 0.05) is 18.7 Å². The van der Waals surface area contributed by atoms with Gasteiger partial charge in [-0.25, -0.2) is 0 Å². The molecule has 0 aliphatic carbocycles. The predicted molar refractivity (Wildman–Crippen MR) is 135 cm³/mol. The van der Waals surface area contributed by atoms with Gasteiger partial charge in [0.1, 0.15) is 0 Å². The van der Waals surface area contributed by atoms with Crippen molar-refractivity contribution in [3.63, 3.8) is 0 Å². The van der Waals surface area contributed by atoms with Gasteiger partial charge in [0.15, 0.2) is 0 Å². The smallest absolute Gasteiger partial charge is 0.248 e. The number of carbonyl (C=O) groups excluding carboxylic acids is 1. The molecule has 0 bridgehead atoms. The molecule has 2 heteroatoms. The number of unbranched alkanes of at least 4 members (excludes halogenated alkanes) is 18. The normalized spacial score (nSPS) is 11.0. The van der Waals surface area contributed by atoms with Crippen molar-refractivity contribution in [1.82, 2.24) is 4.90 Å². The lowest BCUT2D eigenvalue weighted by molar-refractivity contribution is -0.127. The van der Waals surface area contributed by atoms with E-state index in [9.17, 15) is 4.79 Å². The van der Waals surface area contributed by atoms with Crippen LogP contribution in [0, 0.1) is 0 Å². The van der Waals surface area contributed by atoms with Crippen molar-refractivity contribution in [3.8, 4) is 0 Å². The SMILES string of the molecule is C=C(C)C(=O)N(CCCCCCCCCCCC)CCCCCCCCCCCC. The van der Waals surface area contributed by atoms with Gasteiger partial charge in [-0.3, -0.25) is 4.79 Å². The van der Waals surface area contributed by atoms with E-state index in [2.05, 4.69) is 25.3 Å². The Hall–Kier alpha value is -0.790. The van der Waals surface area contributed by atoms with Gasteiger partial charge in [-0.05, 0) is 19.8 Å². The molecule has 0 saturated heterocycles. The molecule has 0 aromatic heterocycles. The van der Waals surface area contributed by atoms with E-state index in [4.69, 9.17) is 0 Å². The van der Waals surface area contributed by atoms with Crippen LogP contribution >= 0.6 is 0 Å². The maximum absolute atomic E-state index is 12.5. The second kappa shape index (κ2) is 22.9. The molecule has 178 valence electrons. The average molecular weight is 422 g/mol. The largest absolute Gasteiger partial charge is 0.339 e. The molecular formula is C28H55NO. The van der Waals surface area contributed by atoms with Crippen molar-refractivity contribution in [2.45, 2.75) is 149 Å². The highest BCUT2D eigenvalue weighted by molar-refractivity contribution is 5.92. The lowest BCUT2D eigenvalue weighted by Crippen LogP contribution is -2.33. The topological polar surface area (TPSA) is 20.3 Å². The Labute approximate surface area is 190 Å². The first-order valence-corrected chi connectivity index (χ1v) is 13.6. The van der Waals surface area contributed by atoms with E-state index >= 15 is 0 Å². The summed E-state index contributed by atoms with van der Waals surface area (Å²) in [6.07, 6.45) is 26.8. The van der Waals surface area contributed by atoms with Gasteiger partial charge in [0.2, 0.25) is 5.91 Å². The number of hydrogen-bond donors (Lipinski definition) is 0. The van der Waals surface area contributed by atoms with E-state index in [1.54, 1.807) is 0 Å². The van der Waals surface area contributed by atoms with E-state index < -0.39 is 0 Å². The van der Waals surface area contributed by atoms with Crippen LogP contribution in [0.3, 0.4) is 0 Å². The summed E-state index contributed by atoms with van der Waals surface area (Å²) in [5.41, 5.74) is 0.689. The molecule has 2 nitrogen and oxygen atoms in total. The molecule has 0 atom stereocenters. The van der Waals surface area contributed by atoms with E-state index in [1.165, 1.54) is 116 Å². The van der Waals surface area contributed by atoms with Gasteiger partial charge in [0.05, 0.1) is 0 Å². The zero-order valence-electron chi connectivity index (χ0n) is 21.1. The fourth-order valence-electron chi connectivity index (χ4n) is 4.17. The van der Waals surface area contributed by atoms with Crippen LogP contribution in [0.4, 0.5) is 0 Å². The van der Waals surface area contributed by atoms with Crippen LogP contribution < -0.4 is 0 Å². The first-order valence-electron chi connectivity index (χ1n) is 13.6. The zero-order valence-corrected chi connectivity index (χ0v) is 21.1. The molecule has 0 N–H and O–H groups in total. The highest BCUT2D eigenvalue weighted by atomic mass is 16.2. The Morgan fingerprint density at radius 3 is 1.07 bits per heavy atom. The van der Waals surface area contributed by atoms with Crippen molar-refractivity contribution < 1.29 is 4.79 Å². The first-order chi connectivity index (χ1) is 14.6. The van der Waals surface area contributed by atoms with Crippen LogP contribution in [-0.2, 0) is 4.79 Å². The summed E-state index contributed by atoms with van der Waals surface area (Å²) in [6.45, 7) is 12.1. The summed E-state index contributed by atoms with van der Waals surface area (Å²) in [5.74, 6) is 0.168. The first kappa shape index (κ1) is 29.2. The quantitative estimate of drug-likeness (QED) is 0.119. The molecule has 0 fully saturated rings. The van der Waals surface area contributed by atoms with Crippen LogP contribution in [-0.4, -0.2) is 23.9 Å². The van der Waals surface area contributed by atoms with Crippen molar-refractivity contribution in [1.29, 1.82) is 0 Å². The third-order valence-electron chi connectivity index (χ3n) is 6.22. The Bertz CT molecular complexity index is 366. The number of hydrogen-bond acceptors (Lipinski definition) is 1. The predicted octanol–water partition coefficient (Wildman–Crippen LogP) is 9.23. The molecule has 0 radical (unpaired) electrons. The summed E-state index contributed by atoms with van der Waals surface area (Å²) in [7, 11) is 0. The molecular weight excluding hydrogens is 366 g/mol. The average Bonchev–Trinajstić information content (AvgIpc) is 2.74. The monoisotopic (exact) mass is 421 g/mol. The fraction of sp³-hybridized carbons (Fsp3) is 0.893. The van der Waals surface area contributed by atoms with E-state index in [1.807, 2.05) is 6.92 Å². The molecule has 0 aliphatic heterocycles. The summed E-state index contributed by atoms with van der Waals surface area (Å²) in [6, 6.07) is 0. The van der Waals surface area contributed by atoms with E-state index in [0.29, 0.717) is 5.57 Å². The number of amides is 1. The van der Waals surface area contributed by atoms with Crippen molar-refractivity contribution in [2.24, 2.45) is 0 Å². The third kappa shape index (κ3) is 19.2. The summed E-state index contributed by atoms with van der Waals surface area (Å²) < 4.78 is 0. The van der Waals surface area contributed by atoms with Gasteiger partial charge in [-0.2, -0.15) is 0 Å². The molecule has 0 saturated carbocycles. The third-order valence-corrected chi connectivity index (χ3v) is 6.22. The van der Waals surface area contributed by atoms with Crippen LogP contribution in [0.25, 0.3) is 0 Å². The minimum atomic E-state index is 0.168. The highest BCUT2D eigenvalue weighted by Crippen LogP contribution is 2.13. The standard InChI is InChI=1S/C28H55NO/c1-5-7-9-11-13-15-17-19-21-23-25-29(28(30)27(3)4)26-24-22-20-18-16-14-12-10-8-6-2/h3,5-26H2,1-2,4H3. The van der Waals surface area contributed by atoms with E-state index in [-0.39, 0.29) is 5.91 Å².